The van der Waals surface area contributed by atoms with Crippen molar-refractivity contribution < 1.29 is 4.74 Å². The normalized spacial score (nSPS) is 16.5. The molecule has 26 heavy (non-hydrogen) atoms. The third-order valence-electron chi connectivity index (χ3n) is 4.97. The molecular formula is C21H36N4O. The van der Waals surface area contributed by atoms with E-state index >= 15 is 0 Å². The van der Waals surface area contributed by atoms with Crippen molar-refractivity contribution >= 4 is 5.96 Å². The van der Waals surface area contributed by atoms with Gasteiger partial charge >= 0.3 is 0 Å². The lowest BCUT2D eigenvalue weighted by molar-refractivity contribution is 0.0982. The van der Waals surface area contributed by atoms with Crippen LogP contribution >= 0.6 is 0 Å². The summed E-state index contributed by atoms with van der Waals surface area (Å²) in [6, 6.07) is 8.43. The fraction of sp³-hybridized carbons (Fsp3) is 0.667. The van der Waals surface area contributed by atoms with Crippen molar-refractivity contribution in [2.24, 2.45) is 4.99 Å². The van der Waals surface area contributed by atoms with Crippen LogP contribution in [0.4, 0.5) is 0 Å². The first kappa shape index (κ1) is 20.7. The van der Waals surface area contributed by atoms with Gasteiger partial charge in [-0.2, -0.15) is 0 Å². The highest BCUT2D eigenvalue weighted by Gasteiger charge is 2.27. The van der Waals surface area contributed by atoms with Gasteiger partial charge in [0.1, 0.15) is 0 Å². The zero-order valence-electron chi connectivity index (χ0n) is 17.0. The van der Waals surface area contributed by atoms with E-state index in [0.29, 0.717) is 13.2 Å². The van der Waals surface area contributed by atoms with E-state index in [4.69, 9.17) is 9.73 Å². The summed E-state index contributed by atoms with van der Waals surface area (Å²) in [7, 11) is 1.72. The van der Waals surface area contributed by atoms with Crippen LogP contribution in [0, 0.1) is 0 Å². The third-order valence-corrected chi connectivity index (χ3v) is 4.97. The first-order valence-electron chi connectivity index (χ1n) is 9.89. The lowest BCUT2D eigenvalue weighted by Crippen LogP contribution is -2.54. The van der Waals surface area contributed by atoms with Crippen molar-refractivity contribution in [3.05, 3.63) is 35.4 Å². The maximum Gasteiger partial charge on any atom is 0.191 e. The lowest BCUT2D eigenvalue weighted by Gasteiger charge is -2.41. The van der Waals surface area contributed by atoms with E-state index in [2.05, 4.69) is 60.6 Å². The zero-order chi connectivity index (χ0) is 18.8. The summed E-state index contributed by atoms with van der Waals surface area (Å²) in [5.41, 5.74) is 2.52. The molecule has 1 aromatic carbocycles. The molecule has 2 N–H and O–H groups in total. The molecule has 1 aromatic rings. The number of likely N-dealkylation sites (tertiary alicyclic amines) is 1. The van der Waals surface area contributed by atoms with Gasteiger partial charge in [-0.3, -0.25) is 4.90 Å². The minimum Gasteiger partial charge on any atom is -0.380 e. The lowest BCUT2D eigenvalue weighted by atomic mass is 9.98. The summed E-state index contributed by atoms with van der Waals surface area (Å²) in [5.74, 6) is 0.884. The van der Waals surface area contributed by atoms with Crippen molar-refractivity contribution in [2.75, 3.05) is 33.3 Å². The number of hydrogen-bond donors (Lipinski definition) is 2. The van der Waals surface area contributed by atoms with E-state index in [1.165, 1.54) is 43.5 Å². The Morgan fingerprint density at radius 2 is 1.88 bits per heavy atom. The molecule has 5 heteroatoms. The van der Waals surface area contributed by atoms with Crippen LogP contribution in [0.1, 0.15) is 51.2 Å². The Labute approximate surface area is 159 Å². The molecule has 0 atom stereocenters. The highest BCUT2D eigenvalue weighted by Crippen LogP contribution is 2.19. The van der Waals surface area contributed by atoms with Crippen LogP contribution in [0.5, 0.6) is 0 Å². The first-order chi connectivity index (χ1) is 12.5. The Bertz CT molecular complexity index is 565. The zero-order valence-corrected chi connectivity index (χ0v) is 17.0. The highest BCUT2D eigenvalue weighted by molar-refractivity contribution is 5.79. The maximum atomic E-state index is 5.22. The molecule has 0 spiro atoms. The Morgan fingerprint density at radius 3 is 2.58 bits per heavy atom. The Balaban J connectivity index is 1.94. The van der Waals surface area contributed by atoms with E-state index in [0.717, 1.165) is 19.0 Å². The summed E-state index contributed by atoms with van der Waals surface area (Å²) in [6.07, 6.45) is 4.00. The second-order valence-corrected chi connectivity index (χ2v) is 7.66. The second kappa shape index (κ2) is 10.5. The van der Waals surface area contributed by atoms with Gasteiger partial charge in [-0.25, -0.2) is 4.99 Å². The van der Waals surface area contributed by atoms with Crippen molar-refractivity contribution in [3.63, 3.8) is 0 Å². The van der Waals surface area contributed by atoms with E-state index in [-0.39, 0.29) is 5.54 Å². The molecular weight excluding hydrogens is 324 g/mol. The number of piperidine rings is 1. The number of hydrogen-bond acceptors (Lipinski definition) is 3. The van der Waals surface area contributed by atoms with Gasteiger partial charge in [0.25, 0.3) is 0 Å². The van der Waals surface area contributed by atoms with Crippen LogP contribution in [0.3, 0.4) is 0 Å². The summed E-state index contributed by atoms with van der Waals surface area (Å²) in [4.78, 5) is 7.37. The summed E-state index contributed by atoms with van der Waals surface area (Å²) < 4.78 is 5.22. The van der Waals surface area contributed by atoms with E-state index < -0.39 is 0 Å². The van der Waals surface area contributed by atoms with Crippen LogP contribution in [0.2, 0.25) is 0 Å². The summed E-state index contributed by atoms with van der Waals surface area (Å²) in [6.45, 7) is 12.2. The van der Waals surface area contributed by atoms with E-state index in [1.807, 2.05) is 0 Å². The predicted octanol–water partition coefficient (Wildman–Crippen LogP) is 3.15. The molecule has 0 unspecified atom stereocenters. The number of benzene rings is 1. The maximum absolute atomic E-state index is 5.22. The van der Waals surface area contributed by atoms with Gasteiger partial charge in [0.2, 0.25) is 0 Å². The molecule has 0 radical (unpaired) electrons. The SMILES string of the molecule is CCNC(=NCc1cccc(COC)c1)NCC(C)(C)N1CCCCC1. The summed E-state index contributed by atoms with van der Waals surface area (Å²) in [5, 5.41) is 6.90. The number of ether oxygens (including phenoxy) is 1. The second-order valence-electron chi connectivity index (χ2n) is 7.66. The largest absolute Gasteiger partial charge is 0.380 e. The molecule has 0 aromatic heterocycles. The molecule has 1 saturated heterocycles. The monoisotopic (exact) mass is 360 g/mol. The van der Waals surface area contributed by atoms with Crippen LogP contribution < -0.4 is 10.6 Å². The van der Waals surface area contributed by atoms with Gasteiger partial charge in [-0.05, 0) is 57.8 Å². The number of nitrogens with one attached hydrogen (secondary N) is 2. The van der Waals surface area contributed by atoms with E-state index in [1.54, 1.807) is 7.11 Å². The average Bonchev–Trinajstić information content (AvgIpc) is 2.65. The summed E-state index contributed by atoms with van der Waals surface area (Å²) >= 11 is 0. The minimum atomic E-state index is 0.134. The number of guanidine groups is 1. The Hall–Kier alpha value is -1.59. The molecule has 0 aliphatic carbocycles. The van der Waals surface area contributed by atoms with Crippen molar-refractivity contribution in [2.45, 2.75) is 58.7 Å². The average molecular weight is 361 g/mol. The van der Waals surface area contributed by atoms with Gasteiger partial charge in [-0.15, -0.1) is 0 Å². The Morgan fingerprint density at radius 1 is 1.15 bits per heavy atom. The molecule has 0 amide bonds. The van der Waals surface area contributed by atoms with Crippen molar-refractivity contribution in [1.82, 2.24) is 15.5 Å². The topological polar surface area (TPSA) is 48.9 Å². The molecule has 5 nitrogen and oxygen atoms in total. The molecule has 1 aliphatic heterocycles. The quantitative estimate of drug-likeness (QED) is 0.552. The van der Waals surface area contributed by atoms with Gasteiger partial charge in [0.15, 0.2) is 5.96 Å². The molecule has 1 heterocycles. The van der Waals surface area contributed by atoms with Crippen molar-refractivity contribution in [1.29, 1.82) is 0 Å². The van der Waals surface area contributed by atoms with Gasteiger partial charge in [-0.1, -0.05) is 30.7 Å². The number of nitrogens with zero attached hydrogens (tertiary/aromatic N) is 2. The van der Waals surface area contributed by atoms with Gasteiger partial charge in [0.05, 0.1) is 13.2 Å². The van der Waals surface area contributed by atoms with Crippen LogP contribution in [-0.2, 0) is 17.9 Å². The molecule has 2 rings (SSSR count). The molecule has 146 valence electrons. The molecule has 1 aliphatic rings. The number of rotatable bonds is 8. The van der Waals surface area contributed by atoms with Gasteiger partial charge in [0, 0.05) is 25.7 Å². The van der Waals surface area contributed by atoms with Crippen molar-refractivity contribution in [3.8, 4) is 0 Å². The Kier molecular flexibility index (Phi) is 8.39. The minimum absolute atomic E-state index is 0.134. The first-order valence-corrected chi connectivity index (χ1v) is 9.89. The standard InChI is InChI=1S/C21H36N4O/c1-5-22-20(23-15-18-10-9-11-19(14-18)16-26-4)24-17-21(2,3)25-12-7-6-8-13-25/h9-11,14H,5-8,12-13,15-17H2,1-4H3,(H2,22,23,24). The van der Waals surface area contributed by atoms with Crippen LogP contribution in [0.25, 0.3) is 0 Å². The number of methoxy groups -OCH3 is 1. The van der Waals surface area contributed by atoms with Gasteiger partial charge < -0.3 is 15.4 Å². The predicted molar refractivity (Wildman–Crippen MR) is 109 cm³/mol. The van der Waals surface area contributed by atoms with E-state index in [9.17, 15) is 0 Å². The highest BCUT2D eigenvalue weighted by atomic mass is 16.5. The third kappa shape index (κ3) is 6.61. The van der Waals surface area contributed by atoms with Crippen LogP contribution in [-0.4, -0.2) is 49.7 Å². The fourth-order valence-corrected chi connectivity index (χ4v) is 3.41. The number of aliphatic imine (C=N–C) groups is 1. The molecule has 0 saturated carbocycles. The fourth-order valence-electron chi connectivity index (χ4n) is 3.41. The molecule has 0 bridgehead atoms. The smallest absolute Gasteiger partial charge is 0.191 e. The van der Waals surface area contributed by atoms with Crippen LogP contribution in [0.15, 0.2) is 29.3 Å². The molecule has 1 fully saturated rings.